The first-order chi connectivity index (χ1) is 5.70. The van der Waals surface area contributed by atoms with Gasteiger partial charge in [0.1, 0.15) is 4.38 Å². The molecule has 0 aliphatic carbocycles. The highest BCUT2D eigenvalue weighted by molar-refractivity contribution is 8.38. The van der Waals surface area contributed by atoms with Crippen molar-refractivity contribution in [1.82, 2.24) is 0 Å². The molecule has 12 heavy (non-hydrogen) atoms. The van der Waals surface area contributed by atoms with Crippen LogP contribution < -0.4 is 0 Å². The predicted molar refractivity (Wildman–Crippen MR) is 58.1 cm³/mol. The van der Waals surface area contributed by atoms with Gasteiger partial charge in [-0.3, -0.25) is 0 Å². The van der Waals surface area contributed by atoms with Gasteiger partial charge in [-0.15, -0.1) is 11.8 Å². The Balaban J connectivity index is 2.64. The quantitative estimate of drug-likeness (QED) is 0.691. The smallest absolute Gasteiger partial charge is 0.158 e. The van der Waals surface area contributed by atoms with Crippen LogP contribution in [0.3, 0.4) is 0 Å². The lowest BCUT2D eigenvalue weighted by Crippen LogP contribution is -2.30. The third kappa shape index (κ3) is 2.68. The van der Waals surface area contributed by atoms with Crippen LogP contribution in [0.2, 0.25) is 0 Å². The number of hydrogen-bond donors (Lipinski definition) is 0. The van der Waals surface area contributed by atoms with Crippen molar-refractivity contribution >= 4 is 27.9 Å². The van der Waals surface area contributed by atoms with Crippen molar-refractivity contribution in [3.63, 3.8) is 0 Å². The van der Waals surface area contributed by atoms with Crippen molar-refractivity contribution in [1.29, 1.82) is 0 Å². The van der Waals surface area contributed by atoms with Gasteiger partial charge in [-0.2, -0.15) is 0 Å². The van der Waals surface area contributed by atoms with E-state index < -0.39 is 0 Å². The second-order valence-electron chi connectivity index (χ2n) is 2.79. The van der Waals surface area contributed by atoms with E-state index >= 15 is 0 Å². The molecule has 1 atom stereocenters. The Kier molecular flexibility index (Phi) is 3.93. The SMILES string of the molecule is CCOC1(C)CCSC(SC)=N1. The molecule has 0 saturated heterocycles. The van der Waals surface area contributed by atoms with Crippen LogP contribution in [0.25, 0.3) is 0 Å². The summed E-state index contributed by atoms with van der Waals surface area (Å²) >= 11 is 3.53. The Labute approximate surface area is 82.5 Å². The van der Waals surface area contributed by atoms with Gasteiger partial charge in [0.05, 0.1) is 0 Å². The third-order valence-corrected chi connectivity index (χ3v) is 3.79. The van der Waals surface area contributed by atoms with Gasteiger partial charge in [0.2, 0.25) is 0 Å². The number of ether oxygens (including phenoxy) is 1. The van der Waals surface area contributed by atoms with E-state index in [2.05, 4.69) is 18.2 Å². The van der Waals surface area contributed by atoms with E-state index in [1.165, 1.54) is 0 Å². The molecule has 1 aliphatic heterocycles. The number of nitrogens with zero attached hydrogens (tertiary/aromatic N) is 1. The summed E-state index contributed by atoms with van der Waals surface area (Å²) in [7, 11) is 0. The van der Waals surface area contributed by atoms with Crippen molar-refractivity contribution in [2.45, 2.75) is 26.0 Å². The summed E-state index contributed by atoms with van der Waals surface area (Å²) in [5.41, 5.74) is -0.252. The molecule has 0 fully saturated rings. The fraction of sp³-hybridized carbons (Fsp3) is 0.875. The summed E-state index contributed by atoms with van der Waals surface area (Å²) in [6, 6.07) is 0. The Morgan fingerprint density at radius 1 is 1.75 bits per heavy atom. The zero-order valence-corrected chi connectivity index (χ0v) is 9.43. The van der Waals surface area contributed by atoms with Crippen LogP contribution in [-0.2, 0) is 4.74 Å². The van der Waals surface area contributed by atoms with E-state index in [1.807, 2.05) is 18.7 Å². The fourth-order valence-electron chi connectivity index (χ4n) is 1.13. The van der Waals surface area contributed by atoms with Gasteiger partial charge in [-0.25, -0.2) is 4.99 Å². The van der Waals surface area contributed by atoms with Crippen molar-refractivity contribution in [3.8, 4) is 0 Å². The van der Waals surface area contributed by atoms with Crippen LogP contribution in [0.5, 0.6) is 0 Å². The van der Waals surface area contributed by atoms with Gasteiger partial charge in [0, 0.05) is 18.8 Å². The van der Waals surface area contributed by atoms with E-state index in [0.29, 0.717) is 0 Å². The average molecular weight is 205 g/mol. The van der Waals surface area contributed by atoms with E-state index in [-0.39, 0.29) is 5.72 Å². The second kappa shape index (κ2) is 4.53. The van der Waals surface area contributed by atoms with Crippen LogP contribution in [0.1, 0.15) is 20.3 Å². The van der Waals surface area contributed by atoms with Crippen LogP contribution in [0, 0.1) is 0 Å². The molecule has 0 bridgehead atoms. The van der Waals surface area contributed by atoms with Crippen LogP contribution >= 0.6 is 23.5 Å². The molecule has 0 amide bonds. The third-order valence-electron chi connectivity index (χ3n) is 1.75. The summed E-state index contributed by atoms with van der Waals surface area (Å²) in [5, 5.41) is 0. The zero-order chi connectivity index (χ0) is 9.03. The molecule has 0 aromatic heterocycles. The highest BCUT2D eigenvalue weighted by Crippen LogP contribution is 2.30. The Morgan fingerprint density at radius 2 is 2.50 bits per heavy atom. The molecule has 0 aromatic rings. The minimum Gasteiger partial charge on any atom is -0.354 e. The van der Waals surface area contributed by atoms with Gasteiger partial charge in [-0.1, -0.05) is 11.8 Å². The predicted octanol–water partition coefficient (Wildman–Crippen LogP) is 2.60. The molecule has 0 saturated carbocycles. The molecular formula is C8H15NOS2. The number of hydrogen-bond acceptors (Lipinski definition) is 4. The number of aliphatic imine (C=N–C) groups is 1. The maximum atomic E-state index is 5.59. The Hall–Kier alpha value is 0.330. The monoisotopic (exact) mass is 205 g/mol. The minimum absolute atomic E-state index is 0.252. The highest BCUT2D eigenvalue weighted by atomic mass is 32.2. The Bertz CT molecular complexity index is 184. The first-order valence-corrected chi connectivity index (χ1v) is 6.32. The van der Waals surface area contributed by atoms with E-state index in [0.717, 1.165) is 23.2 Å². The topological polar surface area (TPSA) is 21.6 Å². The standard InChI is InChI=1S/C8H15NOS2/c1-4-10-8(2)5-6-12-7(9-8)11-3/h4-6H2,1-3H3. The summed E-state index contributed by atoms with van der Waals surface area (Å²) in [6.45, 7) is 4.82. The van der Waals surface area contributed by atoms with Crippen LogP contribution in [0.15, 0.2) is 4.99 Å². The number of thioether (sulfide) groups is 2. The fourth-order valence-corrected chi connectivity index (χ4v) is 3.05. The van der Waals surface area contributed by atoms with E-state index in [1.54, 1.807) is 11.8 Å². The molecule has 0 spiro atoms. The van der Waals surface area contributed by atoms with Gasteiger partial charge >= 0.3 is 0 Å². The van der Waals surface area contributed by atoms with Crippen molar-refractivity contribution in [2.75, 3.05) is 18.6 Å². The molecule has 1 rings (SSSR count). The molecular weight excluding hydrogens is 190 g/mol. The van der Waals surface area contributed by atoms with E-state index in [4.69, 9.17) is 4.74 Å². The zero-order valence-electron chi connectivity index (χ0n) is 7.79. The maximum Gasteiger partial charge on any atom is 0.158 e. The largest absolute Gasteiger partial charge is 0.354 e. The molecule has 2 nitrogen and oxygen atoms in total. The summed E-state index contributed by atoms with van der Waals surface area (Å²) in [6.07, 6.45) is 3.08. The first-order valence-electron chi connectivity index (χ1n) is 4.11. The molecule has 1 aliphatic rings. The molecule has 0 N–H and O–H groups in total. The molecule has 70 valence electrons. The minimum atomic E-state index is -0.252. The highest BCUT2D eigenvalue weighted by Gasteiger charge is 2.27. The molecule has 1 unspecified atom stereocenters. The van der Waals surface area contributed by atoms with Gasteiger partial charge in [-0.05, 0) is 20.1 Å². The normalized spacial score (nSPS) is 30.1. The summed E-state index contributed by atoms with van der Waals surface area (Å²) in [5.74, 6) is 1.12. The molecule has 1 heterocycles. The molecule has 0 aromatic carbocycles. The molecule has 4 heteroatoms. The van der Waals surface area contributed by atoms with Gasteiger partial charge in [0.15, 0.2) is 5.72 Å². The first kappa shape index (κ1) is 10.4. The van der Waals surface area contributed by atoms with Crippen molar-refractivity contribution in [3.05, 3.63) is 0 Å². The van der Waals surface area contributed by atoms with E-state index in [9.17, 15) is 0 Å². The lowest BCUT2D eigenvalue weighted by atomic mass is 10.2. The van der Waals surface area contributed by atoms with Crippen molar-refractivity contribution < 1.29 is 4.74 Å². The second-order valence-corrected chi connectivity index (χ2v) is 4.93. The van der Waals surface area contributed by atoms with Gasteiger partial charge < -0.3 is 4.74 Å². The van der Waals surface area contributed by atoms with Crippen LogP contribution in [-0.4, -0.2) is 28.7 Å². The molecule has 0 radical (unpaired) electrons. The lowest BCUT2D eigenvalue weighted by molar-refractivity contribution is -0.0195. The summed E-state index contributed by atoms with van der Waals surface area (Å²) in [4.78, 5) is 4.54. The van der Waals surface area contributed by atoms with Crippen molar-refractivity contribution in [2.24, 2.45) is 4.99 Å². The maximum absolute atomic E-state index is 5.59. The summed E-state index contributed by atoms with van der Waals surface area (Å²) < 4.78 is 6.74. The number of rotatable bonds is 2. The average Bonchev–Trinajstić information content (AvgIpc) is 2.04. The lowest BCUT2D eigenvalue weighted by Gasteiger charge is -2.29. The van der Waals surface area contributed by atoms with Gasteiger partial charge in [0.25, 0.3) is 0 Å². The van der Waals surface area contributed by atoms with Crippen LogP contribution in [0.4, 0.5) is 0 Å². The Morgan fingerprint density at radius 3 is 3.08 bits per heavy atom.